The van der Waals surface area contributed by atoms with Crippen LogP contribution in [0.25, 0.3) is 0 Å². The Morgan fingerprint density at radius 3 is 2.75 bits per heavy atom. The summed E-state index contributed by atoms with van der Waals surface area (Å²) in [4.78, 5) is 0. The first kappa shape index (κ1) is 11.7. The molecule has 0 saturated carbocycles. The van der Waals surface area contributed by atoms with Gasteiger partial charge in [0.25, 0.3) is 0 Å². The molecule has 0 bridgehead atoms. The van der Waals surface area contributed by atoms with Gasteiger partial charge in [-0.1, -0.05) is 18.2 Å². The summed E-state index contributed by atoms with van der Waals surface area (Å²) in [5.74, 6) is 0. The van der Waals surface area contributed by atoms with Gasteiger partial charge in [0.15, 0.2) is 0 Å². The Morgan fingerprint density at radius 1 is 1.31 bits per heavy atom. The summed E-state index contributed by atoms with van der Waals surface area (Å²) in [5, 5.41) is 3.32. The second-order valence-corrected chi connectivity index (χ2v) is 4.84. The highest BCUT2D eigenvalue weighted by atomic mass is 127. The van der Waals surface area contributed by atoms with Gasteiger partial charge in [-0.15, -0.1) is 0 Å². The predicted octanol–water partition coefficient (Wildman–Crippen LogP) is 3.50. The zero-order valence-corrected chi connectivity index (χ0v) is 11.5. The fourth-order valence-corrected chi connectivity index (χ4v) is 2.51. The van der Waals surface area contributed by atoms with Crippen molar-refractivity contribution >= 4 is 22.6 Å². The van der Waals surface area contributed by atoms with Gasteiger partial charge in [-0.2, -0.15) is 0 Å². The Balaban J connectivity index is 2.45. The second kappa shape index (κ2) is 5.01. The Labute approximate surface area is 109 Å². The maximum Gasteiger partial charge on any atom is 0.0953 e. The minimum absolute atomic E-state index is 0.200. The topological polar surface area (TPSA) is 25.2 Å². The molecule has 0 aliphatic carbocycles. The Kier molecular flexibility index (Phi) is 3.66. The molecule has 0 saturated heterocycles. The van der Waals surface area contributed by atoms with E-state index in [-0.39, 0.29) is 6.04 Å². The molecule has 2 aromatic rings. The van der Waals surface area contributed by atoms with Gasteiger partial charge >= 0.3 is 0 Å². The van der Waals surface area contributed by atoms with Crippen LogP contribution >= 0.6 is 22.6 Å². The van der Waals surface area contributed by atoms with Crippen LogP contribution in [-0.2, 0) is 0 Å². The summed E-state index contributed by atoms with van der Waals surface area (Å²) in [6, 6.07) is 8.58. The van der Waals surface area contributed by atoms with Crippen LogP contribution in [0, 0.1) is 10.5 Å². The van der Waals surface area contributed by atoms with Gasteiger partial charge in [-0.3, -0.25) is 0 Å². The van der Waals surface area contributed by atoms with Crippen LogP contribution in [0.4, 0.5) is 0 Å². The van der Waals surface area contributed by atoms with Crippen LogP contribution in [0.1, 0.15) is 22.7 Å². The van der Waals surface area contributed by atoms with Gasteiger partial charge < -0.3 is 9.73 Å². The molecule has 1 heterocycles. The number of halogens is 1. The molecule has 1 unspecified atom stereocenters. The molecule has 0 radical (unpaired) electrons. The molecule has 0 spiro atoms. The number of rotatable bonds is 3. The molecule has 84 valence electrons. The molecule has 2 rings (SSSR count). The van der Waals surface area contributed by atoms with Crippen molar-refractivity contribution in [3.8, 4) is 0 Å². The van der Waals surface area contributed by atoms with E-state index >= 15 is 0 Å². The van der Waals surface area contributed by atoms with Gasteiger partial charge in [0, 0.05) is 9.13 Å². The lowest BCUT2D eigenvalue weighted by atomic mass is 10.00. The van der Waals surface area contributed by atoms with Crippen molar-refractivity contribution < 1.29 is 4.42 Å². The normalized spacial score (nSPS) is 12.7. The monoisotopic (exact) mass is 327 g/mol. The number of aryl methyl sites for hydroxylation is 1. The van der Waals surface area contributed by atoms with Gasteiger partial charge in [0.05, 0.1) is 18.6 Å². The van der Waals surface area contributed by atoms with Gasteiger partial charge in [-0.25, -0.2) is 0 Å². The highest BCUT2D eigenvalue weighted by Gasteiger charge is 2.16. The zero-order valence-electron chi connectivity index (χ0n) is 9.33. The fraction of sp³-hybridized carbons (Fsp3) is 0.231. The lowest BCUT2D eigenvalue weighted by molar-refractivity contribution is 0.557. The summed E-state index contributed by atoms with van der Waals surface area (Å²) in [6.07, 6.45) is 3.50. The average Bonchev–Trinajstić information content (AvgIpc) is 2.79. The molecule has 1 N–H and O–H groups in total. The second-order valence-electron chi connectivity index (χ2n) is 3.76. The summed E-state index contributed by atoms with van der Waals surface area (Å²) in [6.45, 7) is 2.13. The van der Waals surface area contributed by atoms with Crippen molar-refractivity contribution in [1.82, 2.24) is 5.32 Å². The van der Waals surface area contributed by atoms with Gasteiger partial charge in [-0.05, 0) is 53.8 Å². The lowest BCUT2D eigenvalue weighted by Crippen LogP contribution is -2.18. The molecule has 3 heteroatoms. The maximum atomic E-state index is 5.15. The molecule has 0 amide bonds. The highest BCUT2D eigenvalue weighted by Crippen LogP contribution is 2.27. The molecule has 2 nitrogen and oxygen atoms in total. The molecular weight excluding hydrogens is 313 g/mol. The largest absolute Gasteiger partial charge is 0.472 e. The molecule has 0 aliphatic heterocycles. The van der Waals surface area contributed by atoms with Crippen molar-refractivity contribution in [2.75, 3.05) is 7.05 Å². The van der Waals surface area contributed by atoms with E-state index < -0.39 is 0 Å². The van der Waals surface area contributed by atoms with Crippen LogP contribution in [0.3, 0.4) is 0 Å². The molecular formula is C13H14INO. The van der Waals surface area contributed by atoms with Crippen molar-refractivity contribution in [3.05, 3.63) is 57.1 Å². The lowest BCUT2D eigenvalue weighted by Gasteiger charge is -2.17. The van der Waals surface area contributed by atoms with Crippen LogP contribution in [-0.4, -0.2) is 7.05 Å². The zero-order chi connectivity index (χ0) is 11.5. The number of furan rings is 1. The highest BCUT2D eigenvalue weighted by molar-refractivity contribution is 14.1. The van der Waals surface area contributed by atoms with Crippen molar-refractivity contribution in [1.29, 1.82) is 0 Å². The van der Waals surface area contributed by atoms with Crippen LogP contribution < -0.4 is 5.32 Å². The average molecular weight is 327 g/mol. The summed E-state index contributed by atoms with van der Waals surface area (Å²) >= 11 is 2.40. The SMILES string of the molecule is CNC(c1ccoc1)c1cccc(C)c1I. The summed E-state index contributed by atoms with van der Waals surface area (Å²) in [5.41, 5.74) is 3.76. The van der Waals surface area contributed by atoms with Gasteiger partial charge in [0.2, 0.25) is 0 Å². The first-order valence-corrected chi connectivity index (χ1v) is 6.26. The maximum absolute atomic E-state index is 5.15. The van der Waals surface area contributed by atoms with E-state index in [0.717, 1.165) is 5.56 Å². The van der Waals surface area contributed by atoms with Gasteiger partial charge in [0.1, 0.15) is 0 Å². The third kappa shape index (κ3) is 2.15. The minimum Gasteiger partial charge on any atom is -0.472 e. The first-order valence-electron chi connectivity index (χ1n) is 5.18. The molecule has 16 heavy (non-hydrogen) atoms. The standard InChI is InChI=1S/C13H14INO/c1-9-4-3-5-11(12(9)14)13(15-2)10-6-7-16-8-10/h3-8,13,15H,1-2H3. The van der Waals surface area contributed by atoms with E-state index in [1.807, 2.05) is 13.1 Å². The van der Waals surface area contributed by atoms with Crippen molar-refractivity contribution in [2.45, 2.75) is 13.0 Å². The van der Waals surface area contributed by atoms with Crippen molar-refractivity contribution in [2.24, 2.45) is 0 Å². The molecule has 0 aliphatic rings. The number of benzene rings is 1. The quantitative estimate of drug-likeness (QED) is 0.873. The summed E-state index contributed by atoms with van der Waals surface area (Å²) < 4.78 is 6.45. The van der Waals surface area contributed by atoms with E-state index in [9.17, 15) is 0 Å². The molecule has 1 atom stereocenters. The van der Waals surface area contributed by atoms with Crippen molar-refractivity contribution in [3.63, 3.8) is 0 Å². The van der Waals surface area contributed by atoms with E-state index in [2.05, 4.69) is 53.0 Å². The number of nitrogens with one attached hydrogen (secondary N) is 1. The predicted molar refractivity (Wildman–Crippen MR) is 73.5 cm³/mol. The van der Waals surface area contributed by atoms with Crippen LogP contribution in [0.15, 0.2) is 41.2 Å². The fourth-order valence-electron chi connectivity index (χ4n) is 1.83. The summed E-state index contributed by atoms with van der Waals surface area (Å²) in [7, 11) is 1.97. The Morgan fingerprint density at radius 2 is 2.12 bits per heavy atom. The molecule has 1 aromatic heterocycles. The number of hydrogen-bond acceptors (Lipinski definition) is 2. The smallest absolute Gasteiger partial charge is 0.0953 e. The number of hydrogen-bond donors (Lipinski definition) is 1. The van der Waals surface area contributed by atoms with Crippen LogP contribution in [0.5, 0.6) is 0 Å². The third-order valence-electron chi connectivity index (χ3n) is 2.70. The Hall–Kier alpha value is -0.810. The van der Waals surface area contributed by atoms with E-state index in [1.54, 1.807) is 12.5 Å². The van der Waals surface area contributed by atoms with Crippen LogP contribution in [0.2, 0.25) is 0 Å². The first-order chi connectivity index (χ1) is 7.74. The third-order valence-corrected chi connectivity index (χ3v) is 4.17. The van der Waals surface area contributed by atoms with E-state index in [4.69, 9.17) is 4.42 Å². The van der Waals surface area contributed by atoms with E-state index in [0.29, 0.717) is 0 Å². The minimum atomic E-state index is 0.200. The molecule has 1 aromatic carbocycles. The Bertz CT molecular complexity index is 465. The van der Waals surface area contributed by atoms with E-state index in [1.165, 1.54) is 14.7 Å². The molecule has 0 fully saturated rings.